The third-order valence-corrected chi connectivity index (χ3v) is 11.7. The Morgan fingerprint density at radius 3 is 1.42 bits per heavy atom. The van der Waals surface area contributed by atoms with Crippen molar-refractivity contribution in [1.29, 1.82) is 0 Å². The standard InChI is InChI=1S/C39H77N3O4.C12H26O/c1-4-6-8-10-15-21-28-37(29-22-16-11-9-7-5-2)46-39(45)30-23-17-14-19-25-33-42(32-24-18-12-13-20-26-35-43)34-27-31-41-38(44)36-40-3;1-4-6-7-8-9-10-11-12(5-2)13-3/h35,37,40H,4-34,36H2,1-3H3,(H,41,44);12H,4-11H2,1-3H3. The van der Waals surface area contributed by atoms with Gasteiger partial charge in [-0.25, -0.2) is 0 Å². The third kappa shape index (κ3) is 47.4. The lowest BCUT2D eigenvalue weighted by molar-refractivity contribution is -0.150. The fourth-order valence-corrected chi connectivity index (χ4v) is 7.77. The molecule has 0 saturated heterocycles. The minimum atomic E-state index is 0.0149. The molecule has 0 aromatic carbocycles. The SMILES string of the molecule is CCCCCCCCC(CC)OC.CCCCCCCCC(CCCCCCCC)OC(=O)CCCCCCCN(CCCCCCCC=O)CCCNC(=O)CNC. The van der Waals surface area contributed by atoms with E-state index in [-0.39, 0.29) is 18.0 Å². The van der Waals surface area contributed by atoms with Crippen molar-refractivity contribution in [2.45, 2.75) is 265 Å². The Labute approximate surface area is 368 Å². The first-order chi connectivity index (χ1) is 28.9. The van der Waals surface area contributed by atoms with Crippen molar-refractivity contribution in [2.75, 3.05) is 46.9 Å². The number of unbranched alkanes of at least 4 members (excludes halogenated alkanes) is 24. The number of carbonyl (C=O) groups is 3. The molecule has 8 nitrogen and oxygen atoms in total. The Balaban J connectivity index is 0. The van der Waals surface area contributed by atoms with Crippen molar-refractivity contribution in [2.24, 2.45) is 0 Å². The van der Waals surface area contributed by atoms with Gasteiger partial charge in [0, 0.05) is 26.5 Å². The first-order valence-corrected chi connectivity index (χ1v) is 25.7. The quantitative estimate of drug-likeness (QED) is 0.0358. The molecule has 2 N–H and O–H groups in total. The second-order valence-corrected chi connectivity index (χ2v) is 17.4. The number of likely N-dealkylation sites (N-methyl/N-ethyl adjacent to an activating group) is 1. The molecule has 1 unspecified atom stereocenters. The highest BCUT2D eigenvalue weighted by Crippen LogP contribution is 2.19. The van der Waals surface area contributed by atoms with Gasteiger partial charge in [0.15, 0.2) is 0 Å². The minimum absolute atomic E-state index is 0.0149. The second-order valence-electron chi connectivity index (χ2n) is 17.4. The van der Waals surface area contributed by atoms with Crippen LogP contribution in [0.4, 0.5) is 0 Å². The number of hydrogen-bond acceptors (Lipinski definition) is 7. The van der Waals surface area contributed by atoms with Gasteiger partial charge < -0.3 is 29.8 Å². The molecule has 8 heteroatoms. The van der Waals surface area contributed by atoms with E-state index in [1.54, 1.807) is 7.05 Å². The van der Waals surface area contributed by atoms with Crippen LogP contribution in [-0.2, 0) is 23.9 Å². The van der Waals surface area contributed by atoms with Gasteiger partial charge >= 0.3 is 5.97 Å². The van der Waals surface area contributed by atoms with E-state index < -0.39 is 0 Å². The summed E-state index contributed by atoms with van der Waals surface area (Å²) in [5, 5.41) is 5.88. The maximum absolute atomic E-state index is 12.7. The Morgan fingerprint density at radius 2 is 0.966 bits per heavy atom. The smallest absolute Gasteiger partial charge is 0.306 e. The van der Waals surface area contributed by atoms with E-state index in [0.717, 1.165) is 90.3 Å². The Hall–Kier alpha value is -1.51. The maximum Gasteiger partial charge on any atom is 0.306 e. The average molecular weight is 838 g/mol. The molecule has 0 saturated carbocycles. The van der Waals surface area contributed by atoms with Crippen LogP contribution in [-0.4, -0.2) is 82.2 Å². The van der Waals surface area contributed by atoms with Crippen LogP contribution in [0.2, 0.25) is 0 Å². The highest BCUT2D eigenvalue weighted by atomic mass is 16.5. The number of aldehydes is 1. The van der Waals surface area contributed by atoms with Gasteiger partial charge in [-0.3, -0.25) is 9.59 Å². The van der Waals surface area contributed by atoms with Gasteiger partial charge in [0.25, 0.3) is 0 Å². The summed E-state index contributed by atoms with van der Waals surface area (Å²) in [5.74, 6) is 0.0699. The van der Waals surface area contributed by atoms with Gasteiger partial charge in [0.1, 0.15) is 12.4 Å². The van der Waals surface area contributed by atoms with E-state index in [1.165, 1.54) is 154 Å². The highest BCUT2D eigenvalue weighted by molar-refractivity contribution is 5.77. The molecule has 0 aliphatic heterocycles. The number of carbonyl (C=O) groups excluding carboxylic acids is 3. The number of nitrogens with zero attached hydrogens (tertiary/aromatic N) is 1. The van der Waals surface area contributed by atoms with Crippen molar-refractivity contribution < 1.29 is 23.9 Å². The maximum atomic E-state index is 12.7. The molecular formula is C51H103N3O5. The van der Waals surface area contributed by atoms with Crippen molar-refractivity contribution >= 4 is 18.2 Å². The van der Waals surface area contributed by atoms with Gasteiger partial charge in [-0.2, -0.15) is 0 Å². The van der Waals surface area contributed by atoms with Crippen molar-refractivity contribution in [3.05, 3.63) is 0 Å². The van der Waals surface area contributed by atoms with E-state index in [4.69, 9.17) is 9.47 Å². The number of rotatable bonds is 46. The molecule has 0 aliphatic rings. The molecule has 1 amide bonds. The fourth-order valence-electron chi connectivity index (χ4n) is 7.77. The number of amides is 1. The van der Waals surface area contributed by atoms with Crippen LogP contribution in [0.3, 0.4) is 0 Å². The van der Waals surface area contributed by atoms with Gasteiger partial charge in [-0.05, 0) is 97.3 Å². The summed E-state index contributed by atoms with van der Waals surface area (Å²) in [6, 6.07) is 0. The second kappa shape index (κ2) is 50.8. The molecule has 0 rings (SSSR count). The summed E-state index contributed by atoms with van der Waals surface area (Å²) >= 11 is 0. The molecule has 0 aromatic heterocycles. The van der Waals surface area contributed by atoms with Crippen LogP contribution in [0.25, 0.3) is 0 Å². The molecule has 0 fully saturated rings. The molecule has 1 atom stereocenters. The summed E-state index contributed by atoms with van der Waals surface area (Å²) in [7, 11) is 3.61. The lowest BCUT2D eigenvalue weighted by atomic mass is 10.0. The molecule has 0 radical (unpaired) electrons. The van der Waals surface area contributed by atoms with Crippen LogP contribution in [0.15, 0.2) is 0 Å². The molecule has 59 heavy (non-hydrogen) atoms. The fraction of sp³-hybridized carbons (Fsp3) is 0.941. The van der Waals surface area contributed by atoms with Crippen LogP contribution < -0.4 is 10.6 Å². The summed E-state index contributed by atoms with van der Waals surface area (Å²) in [5.41, 5.74) is 0. The van der Waals surface area contributed by atoms with Crippen LogP contribution in [0, 0.1) is 0 Å². The summed E-state index contributed by atoms with van der Waals surface area (Å²) in [4.78, 5) is 37.5. The Kier molecular flexibility index (Phi) is 51.3. The molecular weight excluding hydrogens is 735 g/mol. The first-order valence-electron chi connectivity index (χ1n) is 25.7. The molecule has 0 aromatic rings. The lowest BCUT2D eigenvalue weighted by Crippen LogP contribution is -2.35. The van der Waals surface area contributed by atoms with E-state index in [9.17, 15) is 14.4 Å². The Bertz CT molecular complexity index is 839. The topological polar surface area (TPSA) is 97.0 Å². The zero-order chi connectivity index (χ0) is 43.7. The number of esters is 1. The molecule has 352 valence electrons. The molecule has 0 aliphatic carbocycles. The van der Waals surface area contributed by atoms with Gasteiger partial charge in [0.05, 0.1) is 12.6 Å². The van der Waals surface area contributed by atoms with Gasteiger partial charge in [-0.1, -0.05) is 169 Å². The average Bonchev–Trinajstić information content (AvgIpc) is 3.23. The van der Waals surface area contributed by atoms with E-state index in [2.05, 4.69) is 43.2 Å². The predicted molar refractivity (Wildman–Crippen MR) is 254 cm³/mol. The largest absolute Gasteiger partial charge is 0.462 e. The Morgan fingerprint density at radius 1 is 0.542 bits per heavy atom. The van der Waals surface area contributed by atoms with Gasteiger partial charge in [0.2, 0.25) is 5.91 Å². The van der Waals surface area contributed by atoms with E-state index in [0.29, 0.717) is 25.5 Å². The molecule has 0 heterocycles. The highest BCUT2D eigenvalue weighted by Gasteiger charge is 2.14. The lowest BCUT2D eigenvalue weighted by Gasteiger charge is -2.22. The number of nitrogens with one attached hydrogen (secondary N) is 2. The van der Waals surface area contributed by atoms with E-state index >= 15 is 0 Å². The zero-order valence-electron chi connectivity index (χ0n) is 40.5. The monoisotopic (exact) mass is 838 g/mol. The summed E-state index contributed by atoms with van der Waals surface area (Å²) in [6.45, 7) is 13.3. The third-order valence-electron chi connectivity index (χ3n) is 11.7. The number of hydrogen-bond donors (Lipinski definition) is 2. The minimum Gasteiger partial charge on any atom is -0.462 e. The molecule has 0 bridgehead atoms. The zero-order valence-corrected chi connectivity index (χ0v) is 40.5. The number of ether oxygens (including phenoxy) is 2. The van der Waals surface area contributed by atoms with Crippen molar-refractivity contribution in [3.8, 4) is 0 Å². The van der Waals surface area contributed by atoms with Crippen molar-refractivity contribution in [1.82, 2.24) is 15.5 Å². The number of methoxy groups -OCH3 is 1. The van der Waals surface area contributed by atoms with Crippen LogP contribution in [0.5, 0.6) is 0 Å². The summed E-state index contributed by atoms with van der Waals surface area (Å²) in [6.07, 6.45) is 43.3. The van der Waals surface area contributed by atoms with Gasteiger partial charge in [-0.15, -0.1) is 0 Å². The van der Waals surface area contributed by atoms with Crippen LogP contribution >= 0.6 is 0 Å². The normalized spacial score (nSPS) is 11.8. The van der Waals surface area contributed by atoms with E-state index in [1.807, 2.05) is 7.11 Å². The molecule has 0 spiro atoms. The van der Waals surface area contributed by atoms with Crippen molar-refractivity contribution in [3.63, 3.8) is 0 Å². The predicted octanol–water partition coefficient (Wildman–Crippen LogP) is 13.5. The van der Waals surface area contributed by atoms with Crippen LogP contribution in [0.1, 0.15) is 252 Å². The summed E-state index contributed by atoms with van der Waals surface area (Å²) < 4.78 is 11.4. The first kappa shape index (κ1) is 59.6.